The normalized spacial score (nSPS) is 10.4. The number of carbonyl (C=O) groups is 1. The van der Waals surface area contributed by atoms with E-state index in [4.69, 9.17) is 12.2 Å². The van der Waals surface area contributed by atoms with Crippen molar-refractivity contribution in [1.29, 1.82) is 0 Å². The molecule has 0 aromatic heterocycles. The van der Waals surface area contributed by atoms with E-state index in [1.165, 1.54) is 11.1 Å². The number of carbonyl (C=O) groups excluding carboxylic acids is 1. The molecule has 0 saturated carbocycles. The Balaban J connectivity index is 1.51. The van der Waals surface area contributed by atoms with E-state index in [9.17, 15) is 4.79 Å². The summed E-state index contributed by atoms with van der Waals surface area (Å²) in [7, 11) is 0. The first-order valence-electron chi connectivity index (χ1n) is 10.4. The van der Waals surface area contributed by atoms with Gasteiger partial charge in [-0.2, -0.15) is 0 Å². The van der Waals surface area contributed by atoms with Crippen LogP contribution in [0.2, 0.25) is 0 Å². The number of aldehydes is 1. The zero-order chi connectivity index (χ0) is 22.5. The Bertz CT molecular complexity index is 1240. The Morgan fingerprint density at radius 1 is 0.656 bits per heavy atom. The van der Waals surface area contributed by atoms with Gasteiger partial charge in [0.15, 0.2) is 6.29 Å². The zero-order valence-corrected chi connectivity index (χ0v) is 18.9. The molecule has 0 fully saturated rings. The minimum Gasteiger partial charge on any atom is -0.356 e. The molecule has 0 aliphatic heterocycles. The van der Waals surface area contributed by atoms with Crippen LogP contribution in [-0.2, 0) is 0 Å². The van der Waals surface area contributed by atoms with Crippen molar-refractivity contribution >= 4 is 46.1 Å². The fourth-order valence-corrected chi connectivity index (χ4v) is 3.73. The van der Waals surface area contributed by atoms with Crippen molar-refractivity contribution in [1.82, 2.24) is 0 Å². The van der Waals surface area contributed by atoms with E-state index in [1.807, 2.05) is 66.7 Å². The summed E-state index contributed by atoms with van der Waals surface area (Å²) in [5.41, 5.74) is 8.47. The highest BCUT2D eigenvalue weighted by Gasteiger charge is 2.11. The van der Waals surface area contributed by atoms with Gasteiger partial charge in [-0.3, -0.25) is 4.79 Å². The molecule has 0 radical (unpaired) electrons. The zero-order valence-electron chi connectivity index (χ0n) is 18.1. The van der Waals surface area contributed by atoms with Crippen LogP contribution < -0.4 is 10.6 Å². The summed E-state index contributed by atoms with van der Waals surface area (Å²) in [4.78, 5) is 12.4. The maximum Gasteiger partial charge on any atom is 0.150 e. The third-order valence-corrected chi connectivity index (χ3v) is 5.71. The summed E-state index contributed by atoms with van der Waals surface area (Å²) >= 11 is 5.72. The largest absolute Gasteiger partial charge is 0.356 e. The van der Waals surface area contributed by atoms with Crippen LogP contribution in [0.5, 0.6) is 0 Å². The van der Waals surface area contributed by atoms with Crippen molar-refractivity contribution in [2.45, 2.75) is 13.8 Å². The maximum absolute atomic E-state index is 11.8. The molecular formula is C28H24N2OS. The summed E-state index contributed by atoms with van der Waals surface area (Å²) in [6.07, 6.45) is 0.856. The Hall–Kier alpha value is -3.76. The highest BCUT2D eigenvalue weighted by atomic mass is 32.1. The first kappa shape index (κ1) is 21.5. The monoisotopic (exact) mass is 436 g/mol. The number of rotatable bonds is 7. The molecule has 0 heterocycles. The molecule has 3 nitrogen and oxygen atoms in total. The molecule has 0 spiro atoms. The Kier molecular flexibility index (Phi) is 6.43. The number of thiocarbonyl (C=S) groups is 1. The highest BCUT2D eigenvalue weighted by Crippen LogP contribution is 2.24. The van der Waals surface area contributed by atoms with Crippen LogP contribution in [0.15, 0.2) is 91.0 Å². The van der Waals surface area contributed by atoms with Crippen molar-refractivity contribution < 1.29 is 4.79 Å². The lowest BCUT2D eigenvalue weighted by Gasteiger charge is -2.12. The summed E-state index contributed by atoms with van der Waals surface area (Å²) < 4.78 is 0. The number of benzene rings is 4. The van der Waals surface area contributed by atoms with E-state index < -0.39 is 0 Å². The summed E-state index contributed by atoms with van der Waals surface area (Å²) in [6.45, 7) is 4.12. The maximum atomic E-state index is 11.8. The second-order valence-electron chi connectivity index (χ2n) is 7.81. The van der Waals surface area contributed by atoms with Gasteiger partial charge in [-0.25, -0.2) is 0 Å². The molecule has 0 saturated heterocycles. The number of hydrogen-bond donors (Lipinski definition) is 2. The van der Waals surface area contributed by atoms with E-state index in [0.717, 1.165) is 40.2 Å². The van der Waals surface area contributed by atoms with Gasteiger partial charge in [-0.05, 0) is 67.9 Å². The van der Waals surface area contributed by atoms with Gasteiger partial charge in [0.25, 0.3) is 0 Å². The quantitative estimate of drug-likeness (QED) is 0.180. The molecule has 4 aromatic rings. The van der Waals surface area contributed by atoms with Gasteiger partial charge in [-0.1, -0.05) is 65.8 Å². The van der Waals surface area contributed by atoms with Crippen LogP contribution in [0.3, 0.4) is 0 Å². The first-order valence-corrected chi connectivity index (χ1v) is 10.8. The van der Waals surface area contributed by atoms with Crippen LogP contribution in [0.4, 0.5) is 22.7 Å². The van der Waals surface area contributed by atoms with Gasteiger partial charge in [0.05, 0.1) is 4.86 Å². The lowest BCUT2D eigenvalue weighted by molar-refractivity contribution is 0.112. The predicted molar refractivity (Wildman–Crippen MR) is 138 cm³/mol. The minimum absolute atomic E-state index is 0.564. The molecule has 32 heavy (non-hydrogen) atoms. The molecular weight excluding hydrogens is 412 g/mol. The van der Waals surface area contributed by atoms with E-state index in [1.54, 1.807) is 0 Å². The Morgan fingerprint density at radius 3 is 1.59 bits per heavy atom. The summed E-state index contributed by atoms with van der Waals surface area (Å²) in [5.74, 6) is 0. The van der Waals surface area contributed by atoms with Gasteiger partial charge in [0.1, 0.15) is 0 Å². The van der Waals surface area contributed by atoms with Gasteiger partial charge in [0, 0.05) is 33.9 Å². The molecule has 4 heteroatoms. The molecule has 0 unspecified atom stereocenters. The predicted octanol–water partition coefficient (Wildman–Crippen LogP) is 7.37. The van der Waals surface area contributed by atoms with E-state index in [0.29, 0.717) is 10.4 Å². The molecule has 0 aliphatic carbocycles. The van der Waals surface area contributed by atoms with E-state index in [-0.39, 0.29) is 0 Å². The second kappa shape index (κ2) is 9.58. The minimum atomic E-state index is 0.564. The SMILES string of the molecule is Cc1ccc(Nc2ccc(C(=S)c3ccc(Nc4ccc(C)cc4)cc3C=O)cc2)cc1. The van der Waals surface area contributed by atoms with E-state index in [2.05, 4.69) is 48.7 Å². The van der Waals surface area contributed by atoms with Crippen molar-refractivity contribution in [2.75, 3.05) is 10.6 Å². The first-order chi connectivity index (χ1) is 15.5. The number of aryl methyl sites for hydroxylation is 2. The van der Waals surface area contributed by atoms with Crippen LogP contribution in [0, 0.1) is 13.8 Å². The molecule has 0 atom stereocenters. The lowest BCUT2D eigenvalue weighted by atomic mass is 9.99. The Labute approximate surface area is 194 Å². The van der Waals surface area contributed by atoms with Crippen LogP contribution >= 0.6 is 12.2 Å². The fourth-order valence-electron chi connectivity index (χ4n) is 3.41. The standard InChI is InChI=1S/C28H24N2OS/c1-19-3-9-23(10-4-19)29-25-13-7-21(8-14-25)28(32)27-16-15-26(17-22(27)18-31)30-24-11-5-20(2)6-12-24/h3-18,29-30H,1-2H3. The van der Waals surface area contributed by atoms with Crippen LogP contribution in [-0.4, -0.2) is 11.2 Å². The molecule has 0 amide bonds. The van der Waals surface area contributed by atoms with Gasteiger partial charge >= 0.3 is 0 Å². The van der Waals surface area contributed by atoms with Gasteiger partial charge in [0.2, 0.25) is 0 Å². The van der Waals surface area contributed by atoms with Crippen molar-refractivity contribution in [3.63, 3.8) is 0 Å². The topological polar surface area (TPSA) is 41.1 Å². The Morgan fingerprint density at radius 2 is 1.09 bits per heavy atom. The second-order valence-corrected chi connectivity index (χ2v) is 8.22. The van der Waals surface area contributed by atoms with Crippen LogP contribution in [0.1, 0.15) is 32.6 Å². The molecule has 158 valence electrons. The summed E-state index contributed by atoms with van der Waals surface area (Å²) in [6, 6.07) is 30.0. The van der Waals surface area contributed by atoms with Crippen molar-refractivity contribution in [3.8, 4) is 0 Å². The molecule has 0 bridgehead atoms. The van der Waals surface area contributed by atoms with Gasteiger partial charge < -0.3 is 10.6 Å². The molecule has 4 rings (SSSR count). The number of anilines is 4. The third kappa shape index (κ3) is 5.10. The third-order valence-electron chi connectivity index (χ3n) is 5.25. The smallest absolute Gasteiger partial charge is 0.150 e. The lowest BCUT2D eigenvalue weighted by Crippen LogP contribution is -2.05. The van der Waals surface area contributed by atoms with Crippen molar-refractivity contribution in [3.05, 3.63) is 119 Å². The molecule has 4 aromatic carbocycles. The number of nitrogens with one attached hydrogen (secondary N) is 2. The fraction of sp³-hybridized carbons (Fsp3) is 0.0714. The van der Waals surface area contributed by atoms with Crippen LogP contribution in [0.25, 0.3) is 0 Å². The van der Waals surface area contributed by atoms with E-state index >= 15 is 0 Å². The number of hydrogen-bond acceptors (Lipinski definition) is 4. The average molecular weight is 437 g/mol. The average Bonchev–Trinajstić information content (AvgIpc) is 2.82. The molecule has 2 N–H and O–H groups in total. The summed E-state index contributed by atoms with van der Waals surface area (Å²) in [5, 5.41) is 6.72. The van der Waals surface area contributed by atoms with Crippen molar-refractivity contribution in [2.24, 2.45) is 0 Å². The van der Waals surface area contributed by atoms with Gasteiger partial charge in [-0.15, -0.1) is 0 Å². The molecule has 0 aliphatic rings. The highest BCUT2D eigenvalue weighted by molar-refractivity contribution is 7.81.